The van der Waals surface area contributed by atoms with Crippen LogP contribution in [0.4, 0.5) is 0 Å². The van der Waals surface area contributed by atoms with Gasteiger partial charge in [0.15, 0.2) is 0 Å². The Labute approximate surface area is 137 Å². The van der Waals surface area contributed by atoms with E-state index in [4.69, 9.17) is 5.26 Å². The summed E-state index contributed by atoms with van der Waals surface area (Å²) < 4.78 is 0. The predicted molar refractivity (Wildman–Crippen MR) is 85.9 cm³/mol. The van der Waals surface area contributed by atoms with Gasteiger partial charge in [0.2, 0.25) is 5.91 Å². The lowest BCUT2D eigenvalue weighted by atomic mass is 9.90. The number of rotatable bonds is 3. The van der Waals surface area contributed by atoms with Gasteiger partial charge in [-0.05, 0) is 43.9 Å². The number of carbonyl (C=O) groups is 1. The predicted octanol–water partition coefficient (Wildman–Crippen LogP) is 3.55. The van der Waals surface area contributed by atoms with Gasteiger partial charge in [0.1, 0.15) is 5.41 Å². The molecular weight excluding hydrogens is 286 g/mol. The first-order chi connectivity index (χ1) is 11.0. The van der Waals surface area contributed by atoms with Crippen molar-refractivity contribution < 1.29 is 4.79 Å². The molecule has 2 unspecified atom stereocenters. The molecule has 0 heterocycles. The Morgan fingerprint density at radius 3 is 2.61 bits per heavy atom. The van der Waals surface area contributed by atoms with Gasteiger partial charge in [-0.1, -0.05) is 25.0 Å². The fraction of sp³-hybridized carbons (Fsp3) is 0.526. The van der Waals surface area contributed by atoms with Crippen molar-refractivity contribution in [3.05, 3.63) is 35.4 Å². The number of hydrogen-bond acceptors (Lipinski definition) is 3. The third-order valence-electron chi connectivity index (χ3n) is 5.90. The quantitative estimate of drug-likeness (QED) is 0.857. The maximum absolute atomic E-state index is 13.0. The summed E-state index contributed by atoms with van der Waals surface area (Å²) >= 11 is 0. The average molecular weight is 307 g/mol. The van der Waals surface area contributed by atoms with E-state index in [0.29, 0.717) is 12.0 Å². The molecule has 3 rings (SSSR count). The van der Waals surface area contributed by atoms with Crippen LogP contribution in [0.25, 0.3) is 0 Å². The Hall–Kier alpha value is -2.33. The SMILES string of the molecule is CC(c1cccc(C#N)c1)N(C)C(=O)C1(C#N)CC12CCCC2. The van der Waals surface area contributed by atoms with Crippen molar-refractivity contribution in [2.24, 2.45) is 10.8 Å². The largest absolute Gasteiger partial charge is 0.338 e. The van der Waals surface area contributed by atoms with E-state index in [0.717, 1.165) is 31.2 Å². The number of amides is 1. The lowest BCUT2D eigenvalue weighted by Gasteiger charge is -2.29. The van der Waals surface area contributed by atoms with Gasteiger partial charge in [0, 0.05) is 12.5 Å². The minimum absolute atomic E-state index is 0.0586. The summed E-state index contributed by atoms with van der Waals surface area (Å²) in [7, 11) is 1.77. The van der Waals surface area contributed by atoms with Crippen molar-refractivity contribution in [3.63, 3.8) is 0 Å². The van der Waals surface area contributed by atoms with E-state index in [9.17, 15) is 10.1 Å². The molecule has 1 spiro atoms. The first-order valence-corrected chi connectivity index (χ1v) is 8.18. The van der Waals surface area contributed by atoms with Gasteiger partial charge in [-0.15, -0.1) is 0 Å². The van der Waals surface area contributed by atoms with Gasteiger partial charge in [-0.25, -0.2) is 0 Å². The minimum atomic E-state index is -0.820. The molecule has 0 N–H and O–H groups in total. The molecule has 0 aromatic heterocycles. The third kappa shape index (κ3) is 2.21. The molecule has 1 aromatic rings. The molecule has 4 nitrogen and oxygen atoms in total. The first-order valence-electron chi connectivity index (χ1n) is 8.18. The summed E-state index contributed by atoms with van der Waals surface area (Å²) in [6.45, 7) is 1.95. The summed E-state index contributed by atoms with van der Waals surface area (Å²) in [6, 6.07) is 11.6. The second kappa shape index (κ2) is 5.39. The van der Waals surface area contributed by atoms with Crippen molar-refractivity contribution in [1.82, 2.24) is 4.90 Å². The van der Waals surface area contributed by atoms with Crippen LogP contribution in [-0.2, 0) is 4.79 Å². The lowest BCUT2D eigenvalue weighted by molar-refractivity contribution is -0.136. The zero-order chi connectivity index (χ0) is 16.7. The van der Waals surface area contributed by atoms with Crippen LogP contribution in [0.3, 0.4) is 0 Å². The van der Waals surface area contributed by atoms with E-state index >= 15 is 0 Å². The molecule has 2 saturated carbocycles. The molecule has 23 heavy (non-hydrogen) atoms. The van der Waals surface area contributed by atoms with E-state index < -0.39 is 5.41 Å². The monoisotopic (exact) mass is 307 g/mol. The third-order valence-corrected chi connectivity index (χ3v) is 5.90. The molecule has 0 radical (unpaired) electrons. The molecule has 1 aromatic carbocycles. The summed E-state index contributed by atoms with van der Waals surface area (Å²) in [5.41, 5.74) is 0.624. The number of benzene rings is 1. The van der Waals surface area contributed by atoms with Gasteiger partial charge in [-0.3, -0.25) is 4.79 Å². The van der Waals surface area contributed by atoms with Crippen molar-refractivity contribution in [2.45, 2.75) is 45.1 Å². The van der Waals surface area contributed by atoms with E-state index in [2.05, 4.69) is 12.1 Å². The summed E-state index contributed by atoms with van der Waals surface area (Å²) in [5, 5.41) is 18.7. The smallest absolute Gasteiger partial charge is 0.243 e. The van der Waals surface area contributed by atoms with Gasteiger partial charge in [0.05, 0.1) is 23.7 Å². The fourth-order valence-electron chi connectivity index (χ4n) is 4.20. The van der Waals surface area contributed by atoms with Crippen LogP contribution in [0.15, 0.2) is 24.3 Å². The molecule has 118 valence electrons. The number of carbonyl (C=O) groups excluding carboxylic acids is 1. The van der Waals surface area contributed by atoms with E-state index in [1.807, 2.05) is 25.1 Å². The van der Waals surface area contributed by atoms with Crippen molar-refractivity contribution in [2.75, 3.05) is 7.05 Å². The Morgan fingerprint density at radius 1 is 1.30 bits per heavy atom. The van der Waals surface area contributed by atoms with Crippen molar-refractivity contribution in [3.8, 4) is 12.1 Å². The van der Waals surface area contributed by atoms with Crippen LogP contribution in [0.2, 0.25) is 0 Å². The summed E-state index contributed by atoms with van der Waals surface area (Å²) in [4.78, 5) is 14.7. The molecule has 4 heteroatoms. The average Bonchev–Trinajstić information content (AvgIpc) is 2.98. The molecule has 0 saturated heterocycles. The van der Waals surface area contributed by atoms with E-state index in [1.54, 1.807) is 18.0 Å². The molecule has 2 aliphatic carbocycles. The van der Waals surface area contributed by atoms with Crippen LogP contribution in [0, 0.1) is 33.5 Å². The Morgan fingerprint density at radius 2 is 2.00 bits per heavy atom. The number of nitrogens with zero attached hydrogens (tertiary/aromatic N) is 3. The van der Waals surface area contributed by atoms with E-state index in [-0.39, 0.29) is 17.4 Å². The first kappa shape index (κ1) is 15.6. The molecule has 2 aliphatic rings. The highest BCUT2D eigenvalue weighted by Crippen LogP contribution is 2.72. The second-order valence-corrected chi connectivity index (χ2v) is 7.01. The molecule has 0 bridgehead atoms. The zero-order valence-corrected chi connectivity index (χ0v) is 13.7. The van der Waals surface area contributed by atoms with Crippen LogP contribution < -0.4 is 0 Å². The van der Waals surface area contributed by atoms with Gasteiger partial charge in [0.25, 0.3) is 0 Å². The lowest BCUT2D eigenvalue weighted by Crippen LogP contribution is -2.38. The fourth-order valence-corrected chi connectivity index (χ4v) is 4.20. The minimum Gasteiger partial charge on any atom is -0.338 e. The molecule has 1 amide bonds. The van der Waals surface area contributed by atoms with Crippen molar-refractivity contribution >= 4 is 5.91 Å². The Kier molecular flexibility index (Phi) is 3.65. The van der Waals surface area contributed by atoms with Gasteiger partial charge >= 0.3 is 0 Å². The number of hydrogen-bond donors (Lipinski definition) is 0. The highest BCUT2D eigenvalue weighted by atomic mass is 16.2. The maximum atomic E-state index is 13.0. The highest BCUT2D eigenvalue weighted by Gasteiger charge is 2.73. The van der Waals surface area contributed by atoms with E-state index in [1.165, 1.54) is 0 Å². The Balaban J connectivity index is 1.82. The molecule has 2 atom stereocenters. The van der Waals surface area contributed by atoms with Gasteiger partial charge < -0.3 is 4.90 Å². The molecule has 0 aliphatic heterocycles. The molecular formula is C19H21N3O. The van der Waals surface area contributed by atoms with Crippen LogP contribution in [-0.4, -0.2) is 17.9 Å². The van der Waals surface area contributed by atoms with Gasteiger partial charge in [-0.2, -0.15) is 10.5 Å². The standard InChI is InChI=1S/C19H21N3O/c1-14(16-7-5-6-15(10-16)11-20)22(2)17(23)19(13-21)12-18(19)8-3-4-9-18/h5-7,10,14H,3-4,8-9,12H2,1-2H3. The Bertz CT molecular complexity index is 721. The highest BCUT2D eigenvalue weighted by molar-refractivity contribution is 5.90. The normalized spacial score (nSPS) is 25.4. The molecule has 2 fully saturated rings. The zero-order valence-electron chi connectivity index (χ0n) is 13.7. The number of nitriles is 2. The topological polar surface area (TPSA) is 67.9 Å². The maximum Gasteiger partial charge on any atom is 0.243 e. The van der Waals surface area contributed by atoms with Crippen molar-refractivity contribution in [1.29, 1.82) is 10.5 Å². The second-order valence-electron chi connectivity index (χ2n) is 7.01. The van der Waals surface area contributed by atoms with Crippen LogP contribution in [0.5, 0.6) is 0 Å². The summed E-state index contributed by atoms with van der Waals surface area (Å²) in [5.74, 6) is -0.0586. The van der Waals surface area contributed by atoms with Crippen LogP contribution in [0.1, 0.15) is 56.2 Å². The van der Waals surface area contributed by atoms with Crippen LogP contribution >= 0.6 is 0 Å². The summed E-state index contributed by atoms with van der Waals surface area (Å²) in [6.07, 6.45) is 4.96.